The minimum absolute atomic E-state index is 0.0517. The predicted molar refractivity (Wildman–Crippen MR) is 131 cm³/mol. The zero-order valence-electron chi connectivity index (χ0n) is 18.9. The SMILES string of the molecule is O=C(Nc1ccc(-c2ccnc(Nc3ccc(N4CCOCC4)cc3)n2)cc1)[C@@H]1CCOCN1. The molecule has 2 saturated heterocycles. The van der Waals surface area contributed by atoms with Crippen LogP contribution in [0.2, 0.25) is 0 Å². The Bertz CT molecular complexity index is 1090. The molecule has 0 bridgehead atoms. The topological polar surface area (TPSA) is 101 Å². The van der Waals surface area contributed by atoms with Gasteiger partial charge in [0.2, 0.25) is 11.9 Å². The number of anilines is 4. The fourth-order valence-corrected chi connectivity index (χ4v) is 4.00. The van der Waals surface area contributed by atoms with Crippen LogP contribution in [-0.2, 0) is 14.3 Å². The molecule has 2 fully saturated rings. The van der Waals surface area contributed by atoms with Crippen molar-refractivity contribution in [1.82, 2.24) is 15.3 Å². The van der Waals surface area contributed by atoms with E-state index >= 15 is 0 Å². The maximum atomic E-state index is 12.4. The second-order valence-corrected chi connectivity index (χ2v) is 8.20. The van der Waals surface area contributed by atoms with Crippen molar-refractivity contribution >= 4 is 28.9 Å². The molecule has 5 rings (SSSR count). The van der Waals surface area contributed by atoms with Crippen molar-refractivity contribution in [3.8, 4) is 11.3 Å². The second-order valence-electron chi connectivity index (χ2n) is 8.20. The minimum atomic E-state index is -0.230. The molecule has 9 heteroatoms. The highest BCUT2D eigenvalue weighted by Gasteiger charge is 2.20. The van der Waals surface area contributed by atoms with E-state index in [0.717, 1.165) is 48.9 Å². The summed E-state index contributed by atoms with van der Waals surface area (Å²) in [6.45, 7) is 4.34. The Labute approximate surface area is 198 Å². The van der Waals surface area contributed by atoms with Gasteiger partial charge in [-0.2, -0.15) is 0 Å². The minimum Gasteiger partial charge on any atom is -0.378 e. The zero-order valence-corrected chi connectivity index (χ0v) is 18.9. The molecule has 1 aromatic heterocycles. The van der Waals surface area contributed by atoms with Crippen LogP contribution in [0, 0.1) is 0 Å². The van der Waals surface area contributed by atoms with Crippen LogP contribution in [0.15, 0.2) is 60.8 Å². The van der Waals surface area contributed by atoms with Crippen molar-refractivity contribution < 1.29 is 14.3 Å². The number of hydrogen-bond donors (Lipinski definition) is 3. The van der Waals surface area contributed by atoms with E-state index < -0.39 is 0 Å². The number of rotatable bonds is 6. The average Bonchev–Trinajstić information content (AvgIpc) is 2.91. The van der Waals surface area contributed by atoms with Crippen LogP contribution in [0.5, 0.6) is 0 Å². The van der Waals surface area contributed by atoms with Crippen molar-refractivity contribution in [3.63, 3.8) is 0 Å². The molecule has 0 spiro atoms. The van der Waals surface area contributed by atoms with Gasteiger partial charge in [-0.15, -0.1) is 0 Å². The normalized spacial score (nSPS) is 18.4. The van der Waals surface area contributed by atoms with Crippen LogP contribution in [-0.4, -0.2) is 61.6 Å². The second kappa shape index (κ2) is 10.6. The Morgan fingerprint density at radius 3 is 2.44 bits per heavy atom. The number of amides is 1. The van der Waals surface area contributed by atoms with Gasteiger partial charge in [-0.3, -0.25) is 10.1 Å². The number of nitrogens with one attached hydrogen (secondary N) is 3. The van der Waals surface area contributed by atoms with Gasteiger partial charge in [0.25, 0.3) is 0 Å². The third-order valence-corrected chi connectivity index (χ3v) is 5.90. The lowest BCUT2D eigenvalue weighted by molar-refractivity contribution is -0.120. The molecule has 2 aliphatic heterocycles. The molecule has 0 aliphatic carbocycles. The summed E-state index contributed by atoms with van der Waals surface area (Å²) in [5.41, 5.74) is 4.59. The molecule has 3 aromatic rings. The van der Waals surface area contributed by atoms with Gasteiger partial charge in [-0.25, -0.2) is 9.97 Å². The highest BCUT2D eigenvalue weighted by molar-refractivity contribution is 5.95. The Balaban J connectivity index is 1.21. The van der Waals surface area contributed by atoms with Crippen molar-refractivity contribution in [2.45, 2.75) is 12.5 Å². The molecular weight excluding hydrogens is 432 g/mol. The number of morpholine rings is 1. The first kappa shape index (κ1) is 22.3. The summed E-state index contributed by atoms with van der Waals surface area (Å²) in [5.74, 6) is 0.476. The predicted octanol–water partition coefficient (Wildman–Crippen LogP) is 3.00. The van der Waals surface area contributed by atoms with Gasteiger partial charge in [0.1, 0.15) is 0 Å². The molecule has 0 unspecified atom stereocenters. The fourth-order valence-electron chi connectivity index (χ4n) is 4.00. The Kier molecular flexibility index (Phi) is 6.94. The summed E-state index contributed by atoms with van der Waals surface area (Å²) in [5, 5.41) is 9.29. The smallest absolute Gasteiger partial charge is 0.241 e. The van der Waals surface area contributed by atoms with Crippen LogP contribution in [0.25, 0.3) is 11.3 Å². The summed E-state index contributed by atoms with van der Waals surface area (Å²) in [7, 11) is 0. The highest BCUT2D eigenvalue weighted by Crippen LogP contribution is 2.23. The van der Waals surface area contributed by atoms with Crippen molar-refractivity contribution in [3.05, 3.63) is 60.8 Å². The van der Waals surface area contributed by atoms with E-state index in [1.807, 2.05) is 42.5 Å². The van der Waals surface area contributed by atoms with E-state index in [9.17, 15) is 4.79 Å². The van der Waals surface area contributed by atoms with Gasteiger partial charge in [0.15, 0.2) is 0 Å². The fraction of sp³-hybridized carbons (Fsp3) is 0.320. The van der Waals surface area contributed by atoms with Gasteiger partial charge in [-0.1, -0.05) is 12.1 Å². The molecule has 2 aliphatic rings. The maximum absolute atomic E-state index is 12.4. The van der Waals surface area contributed by atoms with E-state index in [1.54, 1.807) is 6.20 Å². The summed E-state index contributed by atoms with van der Waals surface area (Å²) in [6, 6.07) is 17.5. The number of ether oxygens (including phenoxy) is 2. The van der Waals surface area contributed by atoms with Crippen LogP contribution >= 0.6 is 0 Å². The first-order valence-corrected chi connectivity index (χ1v) is 11.5. The van der Waals surface area contributed by atoms with Crippen molar-refractivity contribution in [2.75, 3.05) is 55.2 Å². The molecule has 1 atom stereocenters. The van der Waals surface area contributed by atoms with Gasteiger partial charge in [-0.05, 0) is 48.9 Å². The lowest BCUT2D eigenvalue weighted by Gasteiger charge is -2.28. The van der Waals surface area contributed by atoms with E-state index in [2.05, 4.69) is 43.0 Å². The molecule has 34 heavy (non-hydrogen) atoms. The molecule has 3 N–H and O–H groups in total. The van der Waals surface area contributed by atoms with E-state index in [1.165, 1.54) is 5.69 Å². The summed E-state index contributed by atoms with van der Waals surface area (Å²) >= 11 is 0. The molecule has 9 nitrogen and oxygen atoms in total. The summed E-state index contributed by atoms with van der Waals surface area (Å²) in [4.78, 5) is 23.7. The molecule has 2 aromatic carbocycles. The van der Waals surface area contributed by atoms with E-state index in [0.29, 0.717) is 25.7 Å². The van der Waals surface area contributed by atoms with Gasteiger partial charge >= 0.3 is 0 Å². The molecule has 0 radical (unpaired) electrons. The first-order chi connectivity index (χ1) is 16.7. The van der Waals surface area contributed by atoms with Gasteiger partial charge in [0.05, 0.1) is 38.3 Å². The number of aromatic nitrogens is 2. The molecule has 1 amide bonds. The maximum Gasteiger partial charge on any atom is 0.241 e. The van der Waals surface area contributed by atoms with E-state index in [4.69, 9.17) is 9.47 Å². The van der Waals surface area contributed by atoms with Gasteiger partial charge < -0.3 is 25.0 Å². The zero-order chi connectivity index (χ0) is 23.2. The lowest BCUT2D eigenvalue weighted by Crippen LogP contribution is -2.45. The van der Waals surface area contributed by atoms with E-state index in [-0.39, 0.29) is 11.9 Å². The van der Waals surface area contributed by atoms with Crippen LogP contribution in [0.1, 0.15) is 6.42 Å². The van der Waals surface area contributed by atoms with Crippen LogP contribution in [0.3, 0.4) is 0 Å². The summed E-state index contributed by atoms with van der Waals surface area (Å²) in [6.07, 6.45) is 2.40. The van der Waals surface area contributed by atoms with Crippen LogP contribution < -0.4 is 20.9 Å². The molecular formula is C25H28N6O3. The molecule has 0 saturated carbocycles. The van der Waals surface area contributed by atoms with Gasteiger partial charge in [0, 0.05) is 41.9 Å². The monoisotopic (exact) mass is 460 g/mol. The number of carbonyl (C=O) groups is 1. The Hall–Kier alpha value is -3.53. The number of benzene rings is 2. The standard InChI is InChI=1S/C25H28N6O3/c32-24(23-10-14-34-17-27-23)28-19-3-1-18(2-4-19)22-9-11-26-25(30-22)29-20-5-7-21(8-6-20)31-12-15-33-16-13-31/h1-9,11,23,27H,10,12-17H2,(H,28,32)(H,26,29,30)/t23-/m0/s1. The quantitative estimate of drug-likeness (QED) is 0.516. The summed E-state index contributed by atoms with van der Waals surface area (Å²) < 4.78 is 10.7. The number of carbonyl (C=O) groups excluding carboxylic acids is 1. The van der Waals surface area contributed by atoms with Crippen LogP contribution in [0.4, 0.5) is 23.0 Å². The Morgan fingerprint density at radius 2 is 1.71 bits per heavy atom. The van der Waals surface area contributed by atoms with Crippen molar-refractivity contribution in [1.29, 1.82) is 0 Å². The molecule has 176 valence electrons. The molecule has 3 heterocycles. The largest absolute Gasteiger partial charge is 0.378 e. The third-order valence-electron chi connectivity index (χ3n) is 5.90. The highest BCUT2D eigenvalue weighted by atomic mass is 16.5. The lowest BCUT2D eigenvalue weighted by atomic mass is 10.1. The number of hydrogen-bond acceptors (Lipinski definition) is 8. The Morgan fingerprint density at radius 1 is 0.941 bits per heavy atom. The average molecular weight is 461 g/mol. The first-order valence-electron chi connectivity index (χ1n) is 11.5. The third kappa shape index (κ3) is 5.51. The van der Waals surface area contributed by atoms with Crippen molar-refractivity contribution in [2.24, 2.45) is 0 Å². The number of nitrogens with zero attached hydrogens (tertiary/aromatic N) is 3.